The van der Waals surface area contributed by atoms with Crippen LogP contribution in [0.4, 0.5) is 15.8 Å². The number of carbonyl (C=O) groups is 2. The highest BCUT2D eigenvalue weighted by Crippen LogP contribution is 2.22. The van der Waals surface area contributed by atoms with E-state index in [-0.39, 0.29) is 5.82 Å². The lowest BCUT2D eigenvalue weighted by atomic mass is 10.2. The van der Waals surface area contributed by atoms with Gasteiger partial charge in [-0.15, -0.1) is 0 Å². The van der Waals surface area contributed by atoms with Crippen molar-refractivity contribution in [2.45, 2.75) is 13.8 Å². The minimum absolute atomic E-state index is 0.331. The van der Waals surface area contributed by atoms with E-state index in [1.807, 2.05) is 35.8 Å². The van der Waals surface area contributed by atoms with Gasteiger partial charge in [0.2, 0.25) is 0 Å². The molecule has 1 aliphatic rings. The minimum atomic E-state index is -0.589. The van der Waals surface area contributed by atoms with Crippen molar-refractivity contribution in [2.75, 3.05) is 43.1 Å². The molecule has 33 heavy (non-hydrogen) atoms. The number of halogens is 1. The van der Waals surface area contributed by atoms with Crippen molar-refractivity contribution in [3.63, 3.8) is 0 Å². The third-order valence-corrected chi connectivity index (χ3v) is 5.60. The summed E-state index contributed by atoms with van der Waals surface area (Å²) in [6.45, 7) is 6.31. The Labute approximate surface area is 191 Å². The Kier molecular flexibility index (Phi) is 6.74. The summed E-state index contributed by atoms with van der Waals surface area (Å²) in [6.07, 6.45) is 0. The van der Waals surface area contributed by atoms with Gasteiger partial charge in [0, 0.05) is 41.5 Å². The van der Waals surface area contributed by atoms with Gasteiger partial charge in [0.25, 0.3) is 5.91 Å². The van der Waals surface area contributed by atoms with Crippen LogP contribution in [0.1, 0.15) is 21.7 Å². The number of hydrogen-bond donors (Lipinski definition) is 1. The van der Waals surface area contributed by atoms with Gasteiger partial charge >= 0.3 is 5.97 Å². The van der Waals surface area contributed by atoms with Crippen LogP contribution >= 0.6 is 0 Å². The van der Waals surface area contributed by atoms with Crippen molar-refractivity contribution < 1.29 is 23.5 Å². The van der Waals surface area contributed by atoms with Crippen molar-refractivity contribution in [1.29, 1.82) is 0 Å². The maximum atomic E-state index is 13.2. The molecular formula is C25H26FN3O4. The van der Waals surface area contributed by atoms with Gasteiger partial charge in [-0.25, -0.2) is 9.18 Å². The second kappa shape index (κ2) is 9.87. The molecule has 2 aromatic carbocycles. The number of aromatic nitrogens is 1. The zero-order valence-corrected chi connectivity index (χ0v) is 18.6. The summed E-state index contributed by atoms with van der Waals surface area (Å²) in [4.78, 5) is 27.1. The number of nitrogens with zero attached hydrogens (tertiary/aromatic N) is 2. The fraction of sp³-hybridized carbons (Fsp3) is 0.280. The fourth-order valence-corrected chi connectivity index (χ4v) is 3.94. The average molecular weight is 451 g/mol. The molecule has 0 bridgehead atoms. The smallest absolute Gasteiger partial charge is 0.340 e. The number of ether oxygens (including phenoxy) is 2. The molecule has 2 heterocycles. The molecule has 7 nitrogen and oxygen atoms in total. The van der Waals surface area contributed by atoms with Gasteiger partial charge in [0.15, 0.2) is 6.61 Å². The molecule has 1 saturated heterocycles. The third kappa shape index (κ3) is 5.23. The number of amides is 1. The van der Waals surface area contributed by atoms with Crippen LogP contribution < -0.4 is 10.2 Å². The highest BCUT2D eigenvalue weighted by molar-refractivity contribution is 5.96. The standard InChI is InChI=1S/C25H26FN3O4/c1-17-15-23(18(2)29(17)22-7-3-19(26)4-8-22)25(31)33-16-24(30)27-20-5-9-21(10-6-20)28-11-13-32-14-12-28/h3-10,15H,11-14,16H2,1-2H3,(H,27,30). The first-order valence-corrected chi connectivity index (χ1v) is 10.8. The first-order valence-electron chi connectivity index (χ1n) is 10.8. The summed E-state index contributed by atoms with van der Waals surface area (Å²) < 4.78 is 25.7. The van der Waals surface area contributed by atoms with Crippen LogP contribution in [0.25, 0.3) is 5.69 Å². The summed E-state index contributed by atoms with van der Waals surface area (Å²) in [7, 11) is 0. The van der Waals surface area contributed by atoms with Crippen LogP contribution in [0.15, 0.2) is 54.6 Å². The number of hydrogen-bond acceptors (Lipinski definition) is 5. The average Bonchev–Trinajstić information content (AvgIpc) is 3.13. The Balaban J connectivity index is 1.34. The van der Waals surface area contributed by atoms with E-state index >= 15 is 0 Å². The molecular weight excluding hydrogens is 425 g/mol. The topological polar surface area (TPSA) is 72.8 Å². The van der Waals surface area contributed by atoms with Crippen LogP contribution in [-0.4, -0.2) is 49.4 Å². The fourth-order valence-electron chi connectivity index (χ4n) is 3.94. The van der Waals surface area contributed by atoms with E-state index < -0.39 is 18.5 Å². The predicted molar refractivity (Wildman–Crippen MR) is 124 cm³/mol. The van der Waals surface area contributed by atoms with E-state index in [9.17, 15) is 14.0 Å². The molecule has 1 aliphatic heterocycles. The molecule has 0 radical (unpaired) electrons. The second-order valence-electron chi connectivity index (χ2n) is 7.87. The Hall–Kier alpha value is -3.65. The Morgan fingerprint density at radius 3 is 2.30 bits per heavy atom. The van der Waals surface area contributed by atoms with Crippen LogP contribution in [0.3, 0.4) is 0 Å². The number of anilines is 2. The van der Waals surface area contributed by atoms with E-state index in [4.69, 9.17) is 9.47 Å². The maximum Gasteiger partial charge on any atom is 0.340 e. The van der Waals surface area contributed by atoms with E-state index in [2.05, 4.69) is 10.2 Å². The Bertz CT molecular complexity index is 1130. The summed E-state index contributed by atoms with van der Waals surface area (Å²) in [5, 5.41) is 2.74. The van der Waals surface area contributed by atoms with Crippen LogP contribution in [0, 0.1) is 19.7 Å². The zero-order chi connectivity index (χ0) is 23.4. The molecule has 8 heteroatoms. The first-order chi connectivity index (χ1) is 15.9. The van der Waals surface area contributed by atoms with Crippen molar-refractivity contribution in [3.8, 4) is 5.69 Å². The Morgan fingerprint density at radius 2 is 1.64 bits per heavy atom. The monoisotopic (exact) mass is 451 g/mol. The van der Waals surface area contributed by atoms with E-state index in [1.165, 1.54) is 12.1 Å². The van der Waals surface area contributed by atoms with Crippen LogP contribution in [-0.2, 0) is 14.3 Å². The van der Waals surface area contributed by atoms with E-state index in [1.54, 1.807) is 25.1 Å². The lowest BCUT2D eigenvalue weighted by Crippen LogP contribution is -2.36. The Morgan fingerprint density at radius 1 is 1.00 bits per heavy atom. The summed E-state index contributed by atoms with van der Waals surface area (Å²) >= 11 is 0. The molecule has 1 fully saturated rings. The molecule has 0 saturated carbocycles. The number of morpholine rings is 1. The number of aryl methyl sites for hydroxylation is 1. The first kappa shape index (κ1) is 22.5. The lowest BCUT2D eigenvalue weighted by molar-refractivity contribution is -0.119. The molecule has 0 unspecified atom stereocenters. The van der Waals surface area contributed by atoms with E-state index in [0.29, 0.717) is 30.2 Å². The molecule has 1 N–H and O–H groups in total. The lowest BCUT2D eigenvalue weighted by Gasteiger charge is -2.28. The number of esters is 1. The molecule has 0 spiro atoms. The molecule has 0 atom stereocenters. The largest absolute Gasteiger partial charge is 0.452 e. The van der Waals surface area contributed by atoms with Gasteiger partial charge in [-0.05, 0) is 68.4 Å². The van der Waals surface area contributed by atoms with Gasteiger partial charge in [-0.1, -0.05) is 0 Å². The third-order valence-electron chi connectivity index (χ3n) is 5.60. The van der Waals surface area contributed by atoms with Crippen LogP contribution in [0.5, 0.6) is 0 Å². The molecule has 3 aromatic rings. The molecule has 4 rings (SSSR count). The van der Waals surface area contributed by atoms with Gasteiger partial charge in [0.05, 0.1) is 18.8 Å². The normalized spacial score (nSPS) is 13.6. The minimum Gasteiger partial charge on any atom is -0.452 e. The maximum absolute atomic E-state index is 13.2. The second-order valence-corrected chi connectivity index (χ2v) is 7.87. The van der Waals surface area contributed by atoms with Gasteiger partial charge in [-0.2, -0.15) is 0 Å². The van der Waals surface area contributed by atoms with Crippen molar-refractivity contribution in [1.82, 2.24) is 4.57 Å². The van der Waals surface area contributed by atoms with Crippen LogP contribution in [0.2, 0.25) is 0 Å². The number of rotatable bonds is 6. The van der Waals surface area contributed by atoms with Crippen molar-refractivity contribution in [2.24, 2.45) is 0 Å². The summed E-state index contributed by atoms with van der Waals surface area (Å²) in [6, 6.07) is 15.2. The van der Waals surface area contributed by atoms with Gasteiger partial charge < -0.3 is 24.3 Å². The van der Waals surface area contributed by atoms with Gasteiger partial charge in [0.1, 0.15) is 5.82 Å². The quantitative estimate of drug-likeness (QED) is 0.576. The highest BCUT2D eigenvalue weighted by atomic mass is 19.1. The summed E-state index contributed by atoms with van der Waals surface area (Å²) in [5.74, 6) is -1.34. The van der Waals surface area contributed by atoms with Gasteiger partial charge in [-0.3, -0.25) is 4.79 Å². The number of carbonyl (C=O) groups excluding carboxylic acids is 2. The highest BCUT2D eigenvalue weighted by Gasteiger charge is 2.19. The number of benzene rings is 2. The molecule has 172 valence electrons. The van der Waals surface area contributed by atoms with Crippen molar-refractivity contribution in [3.05, 3.63) is 77.4 Å². The van der Waals surface area contributed by atoms with Crippen molar-refractivity contribution >= 4 is 23.3 Å². The molecule has 0 aliphatic carbocycles. The summed E-state index contributed by atoms with van der Waals surface area (Å²) in [5.41, 5.74) is 4.25. The zero-order valence-electron chi connectivity index (χ0n) is 18.6. The molecule has 1 amide bonds. The predicted octanol–water partition coefficient (Wildman–Crippen LogP) is 3.87. The number of nitrogens with one attached hydrogen (secondary N) is 1. The molecule has 1 aromatic heterocycles. The van der Waals surface area contributed by atoms with E-state index in [0.717, 1.165) is 30.2 Å². The SMILES string of the molecule is Cc1cc(C(=O)OCC(=O)Nc2ccc(N3CCOCC3)cc2)c(C)n1-c1ccc(F)cc1.